The van der Waals surface area contributed by atoms with Gasteiger partial charge >= 0.3 is 6.03 Å². The van der Waals surface area contributed by atoms with E-state index in [1.165, 1.54) is 16.2 Å². The lowest BCUT2D eigenvalue weighted by atomic mass is 10.0. The second kappa shape index (κ2) is 8.20. The van der Waals surface area contributed by atoms with E-state index in [2.05, 4.69) is 51.6 Å². The van der Waals surface area contributed by atoms with Crippen LogP contribution in [-0.2, 0) is 21.1 Å². The van der Waals surface area contributed by atoms with Crippen molar-refractivity contribution in [3.05, 3.63) is 41.9 Å². The molecule has 4 rings (SSSR count). The van der Waals surface area contributed by atoms with Crippen LogP contribution in [0.2, 0.25) is 0 Å². The Morgan fingerprint density at radius 3 is 2.75 bits per heavy atom. The number of hydroxylamine groups is 2. The van der Waals surface area contributed by atoms with E-state index in [0.717, 1.165) is 12.8 Å². The van der Waals surface area contributed by atoms with Crippen LogP contribution in [-0.4, -0.2) is 51.7 Å². The number of nitrogens with one attached hydrogen (secondary N) is 1. The maximum atomic E-state index is 12.0. The number of nitrogens with zero attached hydrogens (tertiary/aromatic N) is 4. The van der Waals surface area contributed by atoms with E-state index in [9.17, 15) is 17.8 Å². The third kappa shape index (κ3) is 4.64. The van der Waals surface area contributed by atoms with Gasteiger partial charge in [0.05, 0.1) is 6.04 Å². The summed E-state index contributed by atoms with van der Waals surface area (Å²) in [7, 11) is -4.97. The monoisotopic (exact) mass is 411 g/mol. The van der Waals surface area contributed by atoms with Crippen molar-refractivity contribution in [3.63, 3.8) is 0 Å². The smallest absolute Gasteiger partial charge is 0.346 e. The van der Waals surface area contributed by atoms with Crippen LogP contribution in [0.4, 0.5) is 4.79 Å². The Morgan fingerprint density at radius 2 is 2.18 bits per heavy atom. The van der Waals surface area contributed by atoms with Crippen LogP contribution < -0.4 is 4.98 Å². The number of pyridine rings is 1. The molecule has 2 saturated heterocycles. The third-order valence-corrected chi connectivity index (χ3v) is 4.94. The molecule has 4 heterocycles. The highest BCUT2D eigenvalue weighted by molar-refractivity contribution is 7.80. The molecule has 2 fully saturated rings. The predicted molar refractivity (Wildman–Crippen MR) is 91.9 cm³/mol. The molecule has 0 aliphatic carbocycles. The van der Waals surface area contributed by atoms with E-state index in [1.54, 1.807) is 0 Å². The van der Waals surface area contributed by atoms with Crippen molar-refractivity contribution < 1.29 is 31.5 Å². The second-order valence-electron chi connectivity index (χ2n) is 6.50. The van der Waals surface area contributed by atoms with Crippen LogP contribution in [0, 0.1) is 6.92 Å². The van der Waals surface area contributed by atoms with Crippen molar-refractivity contribution in [3.8, 4) is 0 Å². The van der Waals surface area contributed by atoms with Crippen molar-refractivity contribution in [2.24, 2.45) is 0 Å². The number of aromatic nitrogens is 3. The molecule has 0 aromatic carbocycles. The van der Waals surface area contributed by atoms with Gasteiger partial charge in [0, 0.05) is 25.1 Å². The lowest BCUT2D eigenvalue weighted by Crippen LogP contribution is -2.35. The van der Waals surface area contributed by atoms with Crippen LogP contribution in [0.25, 0.3) is 0 Å². The third-order valence-electron chi connectivity index (χ3n) is 4.60. The maximum Gasteiger partial charge on any atom is 0.346 e. The molecule has 1 N–H and O–H groups in total. The first kappa shape index (κ1) is 20.2. The van der Waals surface area contributed by atoms with Crippen LogP contribution in [0.5, 0.6) is 0 Å². The number of carbonyl (C=O) groups excluding carboxylic acids is 1. The lowest BCUT2D eigenvalue weighted by molar-refractivity contribution is -0.388. The van der Waals surface area contributed by atoms with Gasteiger partial charge in [0.1, 0.15) is 6.04 Å². The Balaban J connectivity index is 0.000000211. The second-order valence-corrected chi connectivity index (χ2v) is 7.47. The molecule has 2 aromatic rings. The van der Waals surface area contributed by atoms with E-state index in [4.69, 9.17) is 4.42 Å². The summed E-state index contributed by atoms with van der Waals surface area (Å²) in [5, 5.41) is 7.89. The number of urea groups is 1. The largest absolute Gasteiger partial charge is 0.724 e. The number of carbonyl (C=O) groups is 1. The maximum absolute atomic E-state index is 12.0. The molecule has 11 nitrogen and oxygen atoms in total. The summed E-state index contributed by atoms with van der Waals surface area (Å²) in [4.78, 5) is 16.5. The molecule has 2 bridgehead atoms. The number of piperidine rings is 1. The Morgan fingerprint density at radius 1 is 1.39 bits per heavy atom. The highest BCUT2D eigenvalue weighted by Crippen LogP contribution is 2.37. The first-order chi connectivity index (χ1) is 13.3. The minimum atomic E-state index is -4.97. The topological polar surface area (TPSA) is 143 Å². The molecule has 2 aromatic heterocycles. The molecular formula is C16H21N5O6S. The average Bonchev–Trinajstić information content (AvgIpc) is 3.27. The van der Waals surface area contributed by atoms with E-state index < -0.39 is 28.5 Å². The Hall–Kier alpha value is -2.57. The molecule has 0 radical (unpaired) electrons. The molecule has 0 saturated carbocycles. The molecule has 2 amide bonds. The summed E-state index contributed by atoms with van der Waals surface area (Å²) >= 11 is 0. The van der Waals surface area contributed by atoms with Gasteiger partial charge in [-0.25, -0.2) is 18.2 Å². The summed E-state index contributed by atoms with van der Waals surface area (Å²) in [6, 6.07) is 2.67. The standard InChI is InChI=1S/C8H10N4O6S.C8H11N/c13-8-11-3-5(12(8)18-19(14,15)16)1-2-6(11)7-10-9-4-17-7;1-3-8-5-4-7(2)9-6-8/h4-6H,1-3H2,(H,14,15,16);4-6H,3H2,1-2H3/t5-,6+;/m1./s1. The van der Waals surface area contributed by atoms with Crippen molar-refractivity contribution in [1.82, 2.24) is 20.2 Å². The van der Waals surface area contributed by atoms with Gasteiger partial charge in [-0.2, -0.15) is 9.35 Å². The predicted octanol–water partition coefficient (Wildman–Crippen LogP) is 0.774. The summed E-state index contributed by atoms with van der Waals surface area (Å²) in [5.41, 5.74) is 2.58. The number of amides is 2. The number of fused-ring (bicyclic) bond motifs is 2. The zero-order valence-corrected chi connectivity index (χ0v) is 16.3. The quantitative estimate of drug-likeness (QED) is 0.530. The van der Waals surface area contributed by atoms with Gasteiger partial charge in [0.15, 0.2) is 11.9 Å². The number of aromatic amines is 1. The fraction of sp³-hybridized carbons (Fsp3) is 0.500. The zero-order valence-electron chi connectivity index (χ0n) is 15.4. The zero-order chi connectivity index (χ0) is 20.3. The minimum absolute atomic E-state index is 0.251. The van der Waals surface area contributed by atoms with E-state index in [0.29, 0.717) is 17.9 Å². The summed E-state index contributed by atoms with van der Waals surface area (Å²) in [5.74, 6) is 0.277. The lowest BCUT2D eigenvalue weighted by Gasteiger charge is -2.27. The van der Waals surface area contributed by atoms with E-state index in [-0.39, 0.29) is 12.4 Å². The molecule has 2 aliphatic rings. The van der Waals surface area contributed by atoms with E-state index in [1.807, 2.05) is 0 Å². The van der Waals surface area contributed by atoms with Gasteiger partial charge in [0.25, 0.3) is 0 Å². The number of H-pyrrole nitrogens is 1. The highest BCUT2D eigenvalue weighted by atomic mass is 32.3. The van der Waals surface area contributed by atoms with Crippen LogP contribution >= 0.6 is 0 Å². The molecule has 12 heteroatoms. The number of hydrogen-bond donors (Lipinski definition) is 0. The minimum Gasteiger partial charge on any atom is -0.724 e. The molecule has 28 heavy (non-hydrogen) atoms. The van der Waals surface area contributed by atoms with Gasteiger partial charge in [0.2, 0.25) is 22.7 Å². The first-order valence-corrected chi connectivity index (χ1v) is 10.1. The fourth-order valence-corrected chi connectivity index (χ4v) is 3.55. The molecule has 0 spiro atoms. The number of aryl methyl sites for hydroxylation is 2. The van der Waals surface area contributed by atoms with Crippen molar-refractivity contribution in [1.29, 1.82) is 0 Å². The Kier molecular flexibility index (Phi) is 5.91. The van der Waals surface area contributed by atoms with Crippen LogP contribution in [0.1, 0.15) is 43.0 Å². The highest BCUT2D eigenvalue weighted by Gasteiger charge is 2.48. The van der Waals surface area contributed by atoms with Gasteiger partial charge in [-0.05, 0) is 25.3 Å². The van der Waals surface area contributed by atoms with Gasteiger partial charge in [-0.3, -0.25) is 0 Å². The number of hydrogen-bond acceptors (Lipinski definition) is 8. The van der Waals surface area contributed by atoms with Crippen LogP contribution in [0.3, 0.4) is 0 Å². The number of rotatable bonds is 4. The van der Waals surface area contributed by atoms with E-state index >= 15 is 0 Å². The van der Waals surface area contributed by atoms with Crippen LogP contribution in [0.15, 0.2) is 29.1 Å². The van der Waals surface area contributed by atoms with Crippen molar-refractivity contribution in [2.75, 3.05) is 6.54 Å². The SMILES string of the molecule is CCc1ccc(C)[nH+]c1.O=C1N2C[C@@H](CC[C@H]2c2nnco2)N1OS(=O)(=O)[O-]. The molecule has 0 unspecified atom stereocenters. The van der Waals surface area contributed by atoms with Crippen molar-refractivity contribution in [2.45, 2.75) is 45.2 Å². The molecule has 152 valence electrons. The summed E-state index contributed by atoms with van der Waals surface area (Å²) in [6.45, 7) is 4.46. The summed E-state index contributed by atoms with van der Waals surface area (Å²) in [6.07, 6.45) is 5.31. The normalized spacial score (nSPS) is 21.5. The molecule has 2 aliphatic heterocycles. The summed E-state index contributed by atoms with van der Waals surface area (Å²) < 4.78 is 41.0. The van der Waals surface area contributed by atoms with Gasteiger partial charge < -0.3 is 13.9 Å². The fourth-order valence-electron chi connectivity index (χ4n) is 3.17. The van der Waals surface area contributed by atoms with Gasteiger partial charge in [-0.15, -0.1) is 10.2 Å². The first-order valence-electron chi connectivity index (χ1n) is 8.77. The average molecular weight is 411 g/mol. The Labute approximate surface area is 162 Å². The molecule has 2 atom stereocenters. The Bertz CT molecular complexity index is 902. The van der Waals surface area contributed by atoms with Gasteiger partial charge in [-0.1, -0.05) is 6.92 Å². The van der Waals surface area contributed by atoms with Crippen molar-refractivity contribution >= 4 is 16.4 Å². The molecular weight excluding hydrogens is 390 g/mol.